The van der Waals surface area contributed by atoms with Crippen LogP contribution in [0.1, 0.15) is 27.3 Å². The van der Waals surface area contributed by atoms with E-state index in [0.29, 0.717) is 18.2 Å². The number of hydrogen-bond acceptors (Lipinski definition) is 4. The molecule has 0 aliphatic carbocycles. The van der Waals surface area contributed by atoms with Crippen LogP contribution in [0.3, 0.4) is 0 Å². The van der Waals surface area contributed by atoms with Crippen LogP contribution in [-0.4, -0.2) is 15.9 Å². The predicted octanol–water partition coefficient (Wildman–Crippen LogP) is 3.96. The van der Waals surface area contributed by atoms with Crippen LogP contribution >= 0.6 is 0 Å². The van der Waals surface area contributed by atoms with E-state index in [1.165, 1.54) is 0 Å². The zero-order valence-corrected chi connectivity index (χ0v) is 14.3. The van der Waals surface area contributed by atoms with Crippen molar-refractivity contribution in [2.45, 2.75) is 20.4 Å². The molecule has 1 heterocycles. The molecule has 0 bridgehead atoms. The van der Waals surface area contributed by atoms with Gasteiger partial charge in [-0.3, -0.25) is 4.79 Å². The minimum atomic E-state index is -0.248. The number of anilines is 2. The first-order chi connectivity index (χ1) is 12.1. The maximum absolute atomic E-state index is 12.5. The topological polar surface area (TPSA) is 66.9 Å². The number of nitrogens with one attached hydrogen (secondary N) is 2. The van der Waals surface area contributed by atoms with E-state index in [9.17, 15) is 4.79 Å². The van der Waals surface area contributed by atoms with E-state index in [1.807, 2.05) is 68.4 Å². The molecule has 2 N–H and O–H groups in total. The van der Waals surface area contributed by atoms with Gasteiger partial charge in [0.2, 0.25) is 5.95 Å². The zero-order chi connectivity index (χ0) is 17.6. The fraction of sp³-hybridized carbons (Fsp3) is 0.150. The standard InChI is InChI=1S/C20H20N4O/c1-14-8-6-7-11-17(14)23-19(25)18-12-15(2)22-20(24-18)21-13-16-9-4-3-5-10-16/h3-12H,13H2,1-2H3,(H,23,25)(H,21,22,24). The van der Waals surface area contributed by atoms with Crippen molar-refractivity contribution in [2.24, 2.45) is 0 Å². The minimum absolute atomic E-state index is 0.248. The van der Waals surface area contributed by atoms with E-state index in [2.05, 4.69) is 20.6 Å². The average molecular weight is 332 g/mol. The monoisotopic (exact) mass is 332 g/mol. The zero-order valence-electron chi connectivity index (χ0n) is 14.3. The van der Waals surface area contributed by atoms with Gasteiger partial charge in [-0.1, -0.05) is 48.5 Å². The highest BCUT2D eigenvalue weighted by molar-refractivity contribution is 6.03. The second-order valence-electron chi connectivity index (χ2n) is 5.83. The summed E-state index contributed by atoms with van der Waals surface area (Å²) < 4.78 is 0. The van der Waals surface area contributed by atoms with Crippen LogP contribution in [0.15, 0.2) is 60.7 Å². The molecular weight excluding hydrogens is 312 g/mol. The molecule has 1 aromatic heterocycles. The summed E-state index contributed by atoms with van der Waals surface area (Å²) in [6, 6.07) is 19.3. The Hall–Kier alpha value is -3.21. The van der Waals surface area contributed by atoms with Crippen molar-refractivity contribution in [3.05, 3.63) is 83.2 Å². The van der Waals surface area contributed by atoms with E-state index in [0.717, 1.165) is 22.5 Å². The third-order valence-electron chi connectivity index (χ3n) is 3.77. The molecule has 0 aliphatic heterocycles. The van der Waals surface area contributed by atoms with Crippen LogP contribution in [-0.2, 0) is 6.54 Å². The maximum atomic E-state index is 12.5. The molecule has 3 rings (SSSR count). The normalized spacial score (nSPS) is 10.3. The number of carbonyl (C=O) groups is 1. The number of carbonyl (C=O) groups excluding carboxylic acids is 1. The summed E-state index contributed by atoms with van der Waals surface area (Å²) >= 11 is 0. The Labute approximate surface area is 147 Å². The van der Waals surface area contributed by atoms with Gasteiger partial charge in [-0.2, -0.15) is 0 Å². The minimum Gasteiger partial charge on any atom is -0.350 e. The first-order valence-electron chi connectivity index (χ1n) is 8.12. The van der Waals surface area contributed by atoms with Crippen LogP contribution in [0.5, 0.6) is 0 Å². The third kappa shape index (κ3) is 4.41. The average Bonchev–Trinajstić information content (AvgIpc) is 2.62. The van der Waals surface area contributed by atoms with Gasteiger partial charge >= 0.3 is 0 Å². The van der Waals surface area contributed by atoms with Crippen molar-refractivity contribution in [1.29, 1.82) is 0 Å². The fourth-order valence-corrected chi connectivity index (χ4v) is 2.44. The number of nitrogens with zero attached hydrogens (tertiary/aromatic N) is 2. The van der Waals surface area contributed by atoms with Crippen molar-refractivity contribution in [1.82, 2.24) is 9.97 Å². The summed E-state index contributed by atoms with van der Waals surface area (Å²) in [5.74, 6) is 0.196. The Morgan fingerprint density at radius 1 is 0.960 bits per heavy atom. The molecular formula is C20H20N4O. The van der Waals surface area contributed by atoms with Crippen LogP contribution in [0.4, 0.5) is 11.6 Å². The number of rotatable bonds is 5. The highest BCUT2D eigenvalue weighted by atomic mass is 16.1. The molecule has 0 unspecified atom stereocenters. The summed E-state index contributed by atoms with van der Waals surface area (Å²) in [6.07, 6.45) is 0. The first-order valence-corrected chi connectivity index (χ1v) is 8.12. The van der Waals surface area contributed by atoms with Crippen molar-refractivity contribution in [2.75, 3.05) is 10.6 Å². The molecule has 0 fully saturated rings. The van der Waals surface area contributed by atoms with Gasteiger partial charge in [0.1, 0.15) is 5.69 Å². The van der Waals surface area contributed by atoms with Crippen LogP contribution in [0, 0.1) is 13.8 Å². The van der Waals surface area contributed by atoms with E-state index in [-0.39, 0.29) is 5.91 Å². The number of hydrogen-bond donors (Lipinski definition) is 2. The van der Waals surface area contributed by atoms with Gasteiger partial charge in [0, 0.05) is 17.9 Å². The molecule has 25 heavy (non-hydrogen) atoms. The third-order valence-corrected chi connectivity index (χ3v) is 3.77. The van der Waals surface area contributed by atoms with E-state index >= 15 is 0 Å². The highest BCUT2D eigenvalue weighted by Gasteiger charge is 2.12. The molecule has 0 atom stereocenters. The summed E-state index contributed by atoms with van der Waals surface area (Å²) in [6.45, 7) is 4.40. The molecule has 0 saturated carbocycles. The second kappa shape index (κ2) is 7.57. The number of para-hydroxylation sites is 1. The smallest absolute Gasteiger partial charge is 0.274 e. The molecule has 0 radical (unpaired) electrons. The molecule has 0 aliphatic rings. The Morgan fingerprint density at radius 2 is 1.68 bits per heavy atom. The summed E-state index contributed by atoms with van der Waals surface area (Å²) in [7, 11) is 0. The maximum Gasteiger partial charge on any atom is 0.274 e. The molecule has 1 amide bonds. The van der Waals surface area contributed by atoms with Crippen LogP contribution < -0.4 is 10.6 Å². The lowest BCUT2D eigenvalue weighted by molar-refractivity contribution is 0.102. The molecule has 0 saturated heterocycles. The molecule has 0 spiro atoms. The van der Waals surface area contributed by atoms with E-state index in [1.54, 1.807) is 6.07 Å². The van der Waals surface area contributed by atoms with E-state index < -0.39 is 0 Å². The summed E-state index contributed by atoms with van der Waals surface area (Å²) in [5, 5.41) is 6.07. The van der Waals surface area contributed by atoms with Crippen molar-refractivity contribution in [3.8, 4) is 0 Å². The van der Waals surface area contributed by atoms with Gasteiger partial charge in [0.15, 0.2) is 0 Å². The Balaban J connectivity index is 1.74. The number of benzene rings is 2. The Morgan fingerprint density at radius 3 is 2.44 bits per heavy atom. The Bertz CT molecular complexity index is 878. The molecule has 3 aromatic rings. The Kier molecular flexibility index (Phi) is 5.04. The number of amides is 1. The van der Waals surface area contributed by atoms with Gasteiger partial charge in [-0.15, -0.1) is 0 Å². The number of aryl methyl sites for hydroxylation is 2. The lowest BCUT2D eigenvalue weighted by Gasteiger charge is -2.10. The largest absolute Gasteiger partial charge is 0.350 e. The summed E-state index contributed by atoms with van der Waals surface area (Å²) in [4.78, 5) is 21.2. The lowest BCUT2D eigenvalue weighted by atomic mass is 10.2. The first kappa shape index (κ1) is 16.6. The molecule has 5 heteroatoms. The predicted molar refractivity (Wildman–Crippen MR) is 99.7 cm³/mol. The number of aromatic nitrogens is 2. The SMILES string of the molecule is Cc1cc(C(=O)Nc2ccccc2C)nc(NCc2ccccc2)n1. The quantitative estimate of drug-likeness (QED) is 0.742. The van der Waals surface area contributed by atoms with Crippen molar-refractivity contribution < 1.29 is 4.79 Å². The van der Waals surface area contributed by atoms with Gasteiger partial charge in [0.25, 0.3) is 5.91 Å². The van der Waals surface area contributed by atoms with Gasteiger partial charge in [0.05, 0.1) is 0 Å². The van der Waals surface area contributed by atoms with Crippen LogP contribution in [0.2, 0.25) is 0 Å². The van der Waals surface area contributed by atoms with Gasteiger partial charge in [-0.25, -0.2) is 9.97 Å². The lowest BCUT2D eigenvalue weighted by Crippen LogP contribution is -2.16. The van der Waals surface area contributed by atoms with E-state index in [4.69, 9.17) is 0 Å². The van der Waals surface area contributed by atoms with Crippen LogP contribution in [0.25, 0.3) is 0 Å². The second-order valence-corrected chi connectivity index (χ2v) is 5.83. The van der Waals surface area contributed by atoms with Gasteiger partial charge in [-0.05, 0) is 37.1 Å². The molecule has 2 aromatic carbocycles. The molecule has 5 nitrogen and oxygen atoms in total. The summed E-state index contributed by atoms with van der Waals surface area (Å²) in [5.41, 5.74) is 3.98. The van der Waals surface area contributed by atoms with Crippen molar-refractivity contribution >= 4 is 17.5 Å². The van der Waals surface area contributed by atoms with Gasteiger partial charge < -0.3 is 10.6 Å². The van der Waals surface area contributed by atoms with Crippen molar-refractivity contribution in [3.63, 3.8) is 0 Å². The molecule has 126 valence electrons. The fourth-order valence-electron chi connectivity index (χ4n) is 2.44. The highest BCUT2D eigenvalue weighted by Crippen LogP contribution is 2.15.